The topological polar surface area (TPSA) is 45.2 Å². The minimum Gasteiger partial charge on any atom is -0.367 e. The molecule has 1 aliphatic rings. The van der Waals surface area contributed by atoms with Gasteiger partial charge in [-0.15, -0.1) is 0 Å². The third kappa shape index (κ3) is 3.36. The number of carbonyl (C=O) groups excluding carboxylic acids is 1. The van der Waals surface area contributed by atoms with Crippen LogP contribution in [0.25, 0.3) is 10.8 Å². The molecule has 1 aromatic carbocycles. The maximum atomic E-state index is 11.4. The summed E-state index contributed by atoms with van der Waals surface area (Å²) in [7, 11) is 0. The Bertz CT molecular complexity index is 709. The van der Waals surface area contributed by atoms with Crippen molar-refractivity contribution in [3.8, 4) is 0 Å². The van der Waals surface area contributed by atoms with E-state index in [1.165, 1.54) is 0 Å². The Hall–Kier alpha value is -1.33. The van der Waals surface area contributed by atoms with E-state index in [1.807, 2.05) is 29.2 Å². The lowest BCUT2D eigenvalue weighted by Gasteiger charge is -2.32. The van der Waals surface area contributed by atoms with E-state index in [1.54, 1.807) is 6.92 Å². The van der Waals surface area contributed by atoms with E-state index in [2.05, 4.69) is 26.2 Å². The van der Waals surface area contributed by atoms with Crippen molar-refractivity contribution < 1.29 is 4.79 Å². The third-order valence-electron chi connectivity index (χ3n) is 4.04. The zero-order chi connectivity index (χ0) is 15.7. The van der Waals surface area contributed by atoms with Gasteiger partial charge in [-0.25, -0.2) is 4.98 Å². The van der Waals surface area contributed by atoms with E-state index >= 15 is 0 Å². The van der Waals surface area contributed by atoms with Gasteiger partial charge in [0.2, 0.25) is 5.91 Å². The monoisotopic (exact) mass is 381 g/mol. The molecule has 2 aromatic rings. The zero-order valence-electron chi connectivity index (χ0n) is 12.3. The minimum atomic E-state index is 0.148. The number of likely N-dealkylation sites (tertiary alicyclic amines) is 1. The maximum Gasteiger partial charge on any atom is 0.219 e. The molecule has 0 radical (unpaired) electrons. The Balaban J connectivity index is 1.81. The predicted molar refractivity (Wildman–Crippen MR) is 93.4 cm³/mol. The lowest BCUT2D eigenvalue weighted by Crippen LogP contribution is -2.41. The molecule has 4 nitrogen and oxygen atoms in total. The Kier molecular flexibility index (Phi) is 4.54. The zero-order valence-corrected chi connectivity index (χ0v) is 14.6. The predicted octanol–water partition coefficient (Wildman–Crippen LogP) is 4.07. The van der Waals surface area contributed by atoms with Crippen LogP contribution in [0, 0.1) is 0 Å². The van der Waals surface area contributed by atoms with Crippen LogP contribution in [0.3, 0.4) is 0 Å². The van der Waals surface area contributed by atoms with Gasteiger partial charge in [0.25, 0.3) is 0 Å². The Morgan fingerprint density at radius 1 is 1.36 bits per heavy atom. The van der Waals surface area contributed by atoms with Crippen LogP contribution in [-0.2, 0) is 4.79 Å². The molecule has 2 heterocycles. The molecule has 0 bridgehead atoms. The van der Waals surface area contributed by atoms with Crippen LogP contribution in [0.5, 0.6) is 0 Å². The van der Waals surface area contributed by atoms with Crippen LogP contribution in [0.1, 0.15) is 19.8 Å². The molecule has 1 aromatic heterocycles. The molecule has 1 N–H and O–H groups in total. The molecule has 116 valence electrons. The normalized spacial score (nSPS) is 16.0. The SMILES string of the molecule is CC(=O)N1CCC(Nc2nc(Cl)cc3cc(Br)ccc23)CC1. The van der Waals surface area contributed by atoms with Crippen LogP contribution in [0.15, 0.2) is 28.7 Å². The second-order valence-corrected chi connectivity index (χ2v) is 6.89. The van der Waals surface area contributed by atoms with Gasteiger partial charge in [-0.3, -0.25) is 4.79 Å². The van der Waals surface area contributed by atoms with Crippen molar-refractivity contribution in [2.24, 2.45) is 0 Å². The summed E-state index contributed by atoms with van der Waals surface area (Å²) in [5, 5.41) is 6.09. The summed E-state index contributed by atoms with van der Waals surface area (Å²) in [6.07, 6.45) is 1.84. The number of fused-ring (bicyclic) bond motifs is 1. The first kappa shape index (κ1) is 15.6. The number of carbonyl (C=O) groups is 1. The number of amides is 1. The molecule has 1 saturated heterocycles. The number of hydrogen-bond acceptors (Lipinski definition) is 3. The van der Waals surface area contributed by atoms with Gasteiger partial charge in [-0.2, -0.15) is 0 Å². The number of nitrogens with zero attached hydrogens (tertiary/aromatic N) is 2. The number of piperidine rings is 1. The smallest absolute Gasteiger partial charge is 0.219 e. The molecule has 0 saturated carbocycles. The van der Waals surface area contributed by atoms with Crippen molar-refractivity contribution in [2.45, 2.75) is 25.8 Å². The molecule has 1 fully saturated rings. The number of anilines is 1. The number of aromatic nitrogens is 1. The first-order valence-electron chi connectivity index (χ1n) is 7.31. The molecule has 22 heavy (non-hydrogen) atoms. The standard InChI is InChI=1S/C16H17BrClN3O/c1-10(22)21-6-4-13(5-7-21)19-16-14-3-2-12(17)8-11(14)9-15(18)20-16/h2-3,8-9,13H,4-7H2,1H3,(H,19,20). The average molecular weight is 383 g/mol. The van der Waals surface area contributed by atoms with Crippen LogP contribution in [0.2, 0.25) is 5.15 Å². The highest BCUT2D eigenvalue weighted by Crippen LogP contribution is 2.29. The molecule has 0 aliphatic carbocycles. The summed E-state index contributed by atoms with van der Waals surface area (Å²) < 4.78 is 1.02. The molecule has 1 amide bonds. The highest BCUT2D eigenvalue weighted by atomic mass is 79.9. The van der Waals surface area contributed by atoms with Gasteiger partial charge in [-0.1, -0.05) is 27.5 Å². The van der Waals surface area contributed by atoms with Gasteiger partial charge in [0.05, 0.1) is 0 Å². The van der Waals surface area contributed by atoms with E-state index < -0.39 is 0 Å². The van der Waals surface area contributed by atoms with Crippen molar-refractivity contribution in [1.29, 1.82) is 0 Å². The van der Waals surface area contributed by atoms with Gasteiger partial charge in [0.15, 0.2) is 0 Å². The molecule has 0 atom stereocenters. The number of hydrogen-bond donors (Lipinski definition) is 1. The largest absolute Gasteiger partial charge is 0.367 e. The van der Waals surface area contributed by atoms with Crippen molar-refractivity contribution >= 4 is 50.0 Å². The second-order valence-electron chi connectivity index (χ2n) is 5.58. The summed E-state index contributed by atoms with van der Waals surface area (Å²) in [5.41, 5.74) is 0. The number of rotatable bonds is 2. The van der Waals surface area contributed by atoms with Gasteiger partial charge >= 0.3 is 0 Å². The molecular weight excluding hydrogens is 366 g/mol. The second kappa shape index (κ2) is 6.42. The summed E-state index contributed by atoms with van der Waals surface area (Å²) in [6.45, 7) is 3.20. The summed E-state index contributed by atoms with van der Waals surface area (Å²) in [4.78, 5) is 17.7. The third-order valence-corrected chi connectivity index (χ3v) is 4.73. The van der Waals surface area contributed by atoms with Crippen LogP contribution in [0.4, 0.5) is 5.82 Å². The Labute approximate surface area is 143 Å². The fraction of sp³-hybridized carbons (Fsp3) is 0.375. The van der Waals surface area contributed by atoms with Gasteiger partial charge in [0.1, 0.15) is 11.0 Å². The lowest BCUT2D eigenvalue weighted by atomic mass is 10.0. The number of pyridine rings is 1. The quantitative estimate of drug-likeness (QED) is 0.796. The summed E-state index contributed by atoms with van der Waals surface area (Å²) in [5.74, 6) is 0.964. The Morgan fingerprint density at radius 3 is 2.77 bits per heavy atom. The van der Waals surface area contributed by atoms with Gasteiger partial charge < -0.3 is 10.2 Å². The van der Waals surface area contributed by atoms with Crippen molar-refractivity contribution in [3.63, 3.8) is 0 Å². The first-order valence-corrected chi connectivity index (χ1v) is 8.48. The van der Waals surface area contributed by atoms with Crippen LogP contribution in [-0.4, -0.2) is 34.9 Å². The fourth-order valence-electron chi connectivity index (χ4n) is 2.84. The molecule has 1 aliphatic heterocycles. The maximum absolute atomic E-state index is 11.4. The van der Waals surface area contributed by atoms with Crippen molar-refractivity contribution in [2.75, 3.05) is 18.4 Å². The van der Waals surface area contributed by atoms with Crippen molar-refractivity contribution in [3.05, 3.63) is 33.9 Å². The number of nitrogens with one attached hydrogen (secondary N) is 1. The molecule has 0 unspecified atom stereocenters. The van der Waals surface area contributed by atoms with Gasteiger partial charge in [-0.05, 0) is 42.5 Å². The minimum absolute atomic E-state index is 0.148. The Morgan fingerprint density at radius 2 is 2.09 bits per heavy atom. The van der Waals surface area contributed by atoms with E-state index in [0.717, 1.165) is 47.0 Å². The van der Waals surface area contributed by atoms with Crippen molar-refractivity contribution in [1.82, 2.24) is 9.88 Å². The number of benzene rings is 1. The molecule has 0 spiro atoms. The van der Waals surface area contributed by atoms with E-state index in [9.17, 15) is 4.79 Å². The van der Waals surface area contributed by atoms with E-state index in [0.29, 0.717) is 11.2 Å². The van der Waals surface area contributed by atoms with Crippen LogP contribution < -0.4 is 5.32 Å². The van der Waals surface area contributed by atoms with E-state index in [-0.39, 0.29) is 5.91 Å². The van der Waals surface area contributed by atoms with Crippen LogP contribution >= 0.6 is 27.5 Å². The summed E-state index contributed by atoms with van der Waals surface area (Å²) in [6, 6.07) is 8.25. The molecular formula is C16H17BrClN3O. The highest BCUT2D eigenvalue weighted by molar-refractivity contribution is 9.10. The van der Waals surface area contributed by atoms with Gasteiger partial charge in [0, 0.05) is 35.9 Å². The van der Waals surface area contributed by atoms with E-state index in [4.69, 9.17) is 11.6 Å². The number of halogens is 2. The summed E-state index contributed by atoms with van der Waals surface area (Å²) >= 11 is 9.62. The lowest BCUT2D eigenvalue weighted by molar-refractivity contribution is -0.129. The average Bonchev–Trinajstić information content (AvgIpc) is 2.47. The fourth-order valence-corrected chi connectivity index (χ4v) is 3.42. The molecule has 6 heteroatoms. The first-order chi connectivity index (χ1) is 10.5. The molecule has 3 rings (SSSR count). The highest BCUT2D eigenvalue weighted by Gasteiger charge is 2.21.